The highest BCUT2D eigenvalue weighted by molar-refractivity contribution is 7.90. The topological polar surface area (TPSA) is 80.7 Å². The first kappa shape index (κ1) is 19.6. The molecule has 6 nitrogen and oxygen atoms in total. The molecule has 0 atom stereocenters. The number of sulfone groups is 1. The normalized spacial score (nSPS) is 17.2. The Morgan fingerprint density at radius 1 is 1.22 bits per heavy atom. The molecular formula is C20H25NO5S. The summed E-state index contributed by atoms with van der Waals surface area (Å²) in [5.74, 6) is -0.893. The first-order chi connectivity index (χ1) is 12.8. The zero-order chi connectivity index (χ0) is 19.6. The molecule has 0 bridgehead atoms. The van der Waals surface area contributed by atoms with Crippen molar-refractivity contribution in [1.29, 1.82) is 0 Å². The first-order valence-electron chi connectivity index (χ1n) is 9.26. The lowest BCUT2D eigenvalue weighted by molar-refractivity contribution is -0.133. The molecule has 0 unspecified atom stereocenters. The SMILES string of the molecule is Cc1ccc(S(C)(=O)=O)cc1C(=O)OCC(=O)N(C1=CCCCC1)C1CC1. The molecule has 0 aromatic heterocycles. The van der Waals surface area contributed by atoms with Gasteiger partial charge in [0.15, 0.2) is 16.4 Å². The third-order valence-corrected chi connectivity index (χ3v) is 6.05. The van der Waals surface area contributed by atoms with Gasteiger partial charge in [0, 0.05) is 18.0 Å². The molecule has 0 N–H and O–H groups in total. The summed E-state index contributed by atoms with van der Waals surface area (Å²) in [5.41, 5.74) is 1.81. The van der Waals surface area contributed by atoms with Crippen LogP contribution in [0.25, 0.3) is 0 Å². The first-order valence-corrected chi connectivity index (χ1v) is 11.2. The van der Waals surface area contributed by atoms with Gasteiger partial charge in [-0.15, -0.1) is 0 Å². The molecule has 1 saturated carbocycles. The van der Waals surface area contributed by atoms with Gasteiger partial charge in [-0.05, 0) is 63.1 Å². The second kappa shape index (κ2) is 7.84. The van der Waals surface area contributed by atoms with E-state index < -0.39 is 15.8 Å². The molecule has 1 aromatic rings. The Hall–Kier alpha value is -2.15. The van der Waals surface area contributed by atoms with E-state index in [1.54, 1.807) is 17.9 Å². The van der Waals surface area contributed by atoms with Crippen LogP contribution in [0, 0.1) is 6.92 Å². The number of nitrogens with zero attached hydrogens (tertiary/aromatic N) is 1. The predicted molar refractivity (Wildman–Crippen MR) is 101 cm³/mol. The summed E-state index contributed by atoms with van der Waals surface area (Å²) in [4.78, 5) is 27.0. The Balaban J connectivity index is 1.69. The quantitative estimate of drug-likeness (QED) is 0.697. The molecule has 1 amide bonds. The van der Waals surface area contributed by atoms with Crippen molar-refractivity contribution in [2.24, 2.45) is 0 Å². The molecule has 0 radical (unpaired) electrons. The van der Waals surface area contributed by atoms with Crippen LogP contribution in [-0.2, 0) is 19.4 Å². The number of allylic oxidation sites excluding steroid dienone is 2. The zero-order valence-electron chi connectivity index (χ0n) is 15.7. The van der Waals surface area contributed by atoms with E-state index in [4.69, 9.17) is 4.74 Å². The summed E-state index contributed by atoms with van der Waals surface area (Å²) < 4.78 is 28.7. The maximum atomic E-state index is 12.7. The minimum Gasteiger partial charge on any atom is -0.452 e. The van der Waals surface area contributed by atoms with Crippen LogP contribution in [0.15, 0.2) is 34.9 Å². The van der Waals surface area contributed by atoms with Crippen LogP contribution < -0.4 is 0 Å². The van der Waals surface area contributed by atoms with Crippen LogP contribution in [0.4, 0.5) is 0 Å². The number of carbonyl (C=O) groups is 2. The molecule has 3 rings (SSSR count). The van der Waals surface area contributed by atoms with Crippen LogP contribution in [0.5, 0.6) is 0 Å². The fourth-order valence-corrected chi connectivity index (χ4v) is 3.94. The summed E-state index contributed by atoms with van der Waals surface area (Å²) in [6.45, 7) is 1.36. The van der Waals surface area contributed by atoms with Gasteiger partial charge in [-0.3, -0.25) is 4.79 Å². The summed E-state index contributed by atoms with van der Waals surface area (Å²) in [6.07, 6.45) is 9.22. The Morgan fingerprint density at radius 3 is 2.56 bits per heavy atom. The number of aryl methyl sites for hydroxylation is 1. The van der Waals surface area contributed by atoms with E-state index in [2.05, 4.69) is 6.08 Å². The predicted octanol–water partition coefficient (Wildman–Crippen LogP) is 3.00. The largest absolute Gasteiger partial charge is 0.452 e. The summed E-state index contributed by atoms with van der Waals surface area (Å²) in [6, 6.07) is 4.55. The fraction of sp³-hybridized carbons (Fsp3) is 0.500. The molecule has 146 valence electrons. The van der Waals surface area contributed by atoms with Gasteiger partial charge in [-0.1, -0.05) is 12.1 Å². The summed E-state index contributed by atoms with van der Waals surface area (Å²) >= 11 is 0. The van der Waals surface area contributed by atoms with Crippen molar-refractivity contribution >= 4 is 21.7 Å². The number of ether oxygens (including phenoxy) is 1. The Morgan fingerprint density at radius 2 is 1.96 bits per heavy atom. The van der Waals surface area contributed by atoms with Crippen molar-refractivity contribution < 1.29 is 22.7 Å². The summed E-state index contributed by atoms with van der Waals surface area (Å²) in [7, 11) is -3.43. The highest BCUT2D eigenvalue weighted by Crippen LogP contribution is 2.33. The van der Waals surface area contributed by atoms with E-state index in [9.17, 15) is 18.0 Å². The van der Waals surface area contributed by atoms with E-state index in [1.807, 2.05) is 0 Å². The average molecular weight is 391 g/mol. The van der Waals surface area contributed by atoms with Gasteiger partial charge >= 0.3 is 5.97 Å². The highest BCUT2D eigenvalue weighted by Gasteiger charge is 2.35. The van der Waals surface area contributed by atoms with E-state index in [0.29, 0.717) is 5.56 Å². The number of amides is 1. The number of carbonyl (C=O) groups excluding carboxylic acids is 2. The van der Waals surface area contributed by atoms with Gasteiger partial charge in [0.1, 0.15) is 0 Å². The lowest BCUT2D eigenvalue weighted by atomic mass is 10.0. The van der Waals surface area contributed by atoms with E-state index >= 15 is 0 Å². The van der Waals surface area contributed by atoms with Crippen LogP contribution in [0.1, 0.15) is 54.4 Å². The van der Waals surface area contributed by atoms with Crippen molar-refractivity contribution in [2.75, 3.05) is 12.9 Å². The lowest BCUT2D eigenvalue weighted by Gasteiger charge is -2.27. The Bertz CT molecular complexity index is 884. The lowest BCUT2D eigenvalue weighted by Crippen LogP contribution is -2.36. The number of esters is 1. The van der Waals surface area contributed by atoms with Crippen LogP contribution in [0.2, 0.25) is 0 Å². The molecule has 0 heterocycles. The van der Waals surface area contributed by atoms with Crippen LogP contribution in [-0.4, -0.2) is 44.1 Å². The Kier molecular flexibility index (Phi) is 5.69. The van der Waals surface area contributed by atoms with Gasteiger partial charge in [0.05, 0.1) is 10.5 Å². The fourth-order valence-electron chi connectivity index (χ4n) is 3.30. The standard InChI is InChI=1S/C20H25NO5S/c1-14-8-11-17(27(2,24)25)12-18(14)20(23)26-13-19(22)21(16-9-10-16)15-6-4-3-5-7-15/h6,8,11-12,16H,3-5,7,9-10,13H2,1-2H3. The highest BCUT2D eigenvalue weighted by atomic mass is 32.2. The van der Waals surface area contributed by atoms with Crippen molar-refractivity contribution in [3.05, 3.63) is 41.1 Å². The zero-order valence-corrected chi connectivity index (χ0v) is 16.5. The maximum absolute atomic E-state index is 12.7. The molecule has 1 fully saturated rings. The van der Waals surface area contributed by atoms with Gasteiger partial charge in [0.2, 0.25) is 0 Å². The molecule has 0 spiro atoms. The van der Waals surface area contributed by atoms with Gasteiger partial charge in [-0.25, -0.2) is 13.2 Å². The van der Waals surface area contributed by atoms with Gasteiger partial charge in [-0.2, -0.15) is 0 Å². The van der Waals surface area contributed by atoms with Crippen molar-refractivity contribution in [1.82, 2.24) is 4.90 Å². The molecule has 0 aliphatic heterocycles. The van der Waals surface area contributed by atoms with Crippen LogP contribution in [0.3, 0.4) is 0 Å². The third kappa shape index (κ3) is 4.77. The molecule has 27 heavy (non-hydrogen) atoms. The summed E-state index contributed by atoms with van der Waals surface area (Å²) in [5, 5.41) is 0. The minimum atomic E-state index is -3.43. The molecule has 2 aliphatic rings. The molecule has 0 saturated heterocycles. The number of hydrogen-bond acceptors (Lipinski definition) is 5. The molecular weight excluding hydrogens is 366 g/mol. The van der Waals surface area contributed by atoms with Crippen molar-refractivity contribution in [3.63, 3.8) is 0 Å². The third-order valence-electron chi connectivity index (χ3n) is 4.94. The monoisotopic (exact) mass is 391 g/mol. The average Bonchev–Trinajstić information content (AvgIpc) is 3.45. The number of rotatable bonds is 6. The van der Waals surface area contributed by atoms with Crippen molar-refractivity contribution in [3.8, 4) is 0 Å². The Labute approximate surface area is 160 Å². The molecule has 1 aromatic carbocycles. The van der Waals surface area contributed by atoms with Crippen molar-refractivity contribution in [2.45, 2.75) is 56.4 Å². The smallest absolute Gasteiger partial charge is 0.338 e. The minimum absolute atomic E-state index is 0.0540. The van der Waals surface area contributed by atoms with E-state index in [-0.39, 0.29) is 29.0 Å². The van der Waals surface area contributed by atoms with Gasteiger partial charge in [0.25, 0.3) is 5.91 Å². The van der Waals surface area contributed by atoms with E-state index in [0.717, 1.165) is 50.5 Å². The van der Waals surface area contributed by atoms with Gasteiger partial charge < -0.3 is 9.64 Å². The van der Waals surface area contributed by atoms with Crippen LogP contribution >= 0.6 is 0 Å². The maximum Gasteiger partial charge on any atom is 0.338 e. The second-order valence-corrected chi connectivity index (χ2v) is 9.28. The van der Waals surface area contributed by atoms with E-state index in [1.165, 1.54) is 12.1 Å². The molecule has 2 aliphatic carbocycles. The molecule has 7 heteroatoms. The second-order valence-electron chi connectivity index (χ2n) is 7.26. The number of hydrogen-bond donors (Lipinski definition) is 0. The number of benzene rings is 1.